The zero-order valence-electron chi connectivity index (χ0n) is 13.6. The van der Waals surface area contributed by atoms with Gasteiger partial charge in [0.05, 0.1) is 6.61 Å². The summed E-state index contributed by atoms with van der Waals surface area (Å²) in [6.07, 6.45) is 4.50. The van der Waals surface area contributed by atoms with E-state index in [0.717, 1.165) is 32.7 Å². The molecule has 1 aromatic heterocycles. The van der Waals surface area contributed by atoms with Crippen LogP contribution in [0.3, 0.4) is 0 Å². The van der Waals surface area contributed by atoms with Crippen LogP contribution in [-0.4, -0.2) is 23.8 Å². The molecule has 0 atom stereocenters. The van der Waals surface area contributed by atoms with Gasteiger partial charge in [-0.2, -0.15) is 0 Å². The molecule has 21 heavy (non-hydrogen) atoms. The summed E-state index contributed by atoms with van der Waals surface area (Å²) in [7, 11) is 0. The standard InChI is InChI=1S/C18H28N2O/c1-4-5-11-21-12-10-20-9-8-17-7-6-16(13-18(17)20)14-19-15(2)3/h6-9,13,15,19H,4-5,10-12,14H2,1-3H3. The molecule has 0 saturated carbocycles. The lowest BCUT2D eigenvalue weighted by Gasteiger charge is -2.10. The van der Waals surface area contributed by atoms with E-state index in [2.05, 4.69) is 61.1 Å². The van der Waals surface area contributed by atoms with Crippen molar-refractivity contribution in [3.63, 3.8) is 0 Å². The second-order valence-corrected chi connectivity index (χ2v) is 5.90. The zero-order chi connectivity index (χ0) is 15.1. The van der Waals surface area contributed by atoms with E-state index in [9.17, 15) is 0 Å². The minimum absolute atomic E-state index is 0.513. The Morgan fingerprint density at radius 1 is 1.19 bits per heavy atom. The molecule has 0 spiro atoms. The number of benzene rings is 1. The van der Waals surface area contributed by atoms with E-state index in [0.29, 0.717) is 6.04 Å². The Labute approximate surface area is 128 Å². The highest BCUT2D eigenvalue weighted by Gasteiger charge is 2.03. The molecule has 0 aliphatic rings. The molecular weight excluding hydrogens is 260 g/mol. The van der Waals surface area contributed by atoms with Gasteiger partial charge >= 0.3 is 0 Å². The van der Waals surface area contributed by atoms with E-state index in [1.807, 2.05) is 0 Å². The van der Waals surface area contributed by atoms with Crippen LogP contribution < -0.4 is 5.32 Å². The van der Waals surface area contributed by atoms with E-state index in [1.165, 1.54) is 22.9 Å². The fraction of sp³-hybridized carbons (Fsp3) is 0.556. The Balaban J connectivity index is 1.97. The van der Waals surface area contributed by atoms with Gasteiger partial charge in [0.1, 0.15) is 0 Å². The van der Waals surface area contributed by atoms with Gasteiger partial charge < -0.3 is 14.6 Å². The summed E-state index contributed by atoms with van der Waals surface area (Å²) >= 11 is 0. The fourth-order valence-electron chi connectivity index (χ4n) is 2.37. The number of unbranched alkanes of at least 4 members (excludes halogenated alkanes) is 1. The molecule has 0 unspecified atom stereocenters. The summed E-state index contributed by atoms with van der Waals surface area (Å²) in [5.74, 6) is 0. The van der Waals surface area contributed by atoms with E-state index in [-0.39, 0.29) is 0 Å². The molecule has 0 aliphatic carbocycles. The highest BCUT2D eigenvalue weighted by atomic mass is 16.5. The maximum absolute atomic E-state index is 5.67. The molecular formula is C18H28N2O. The second-order valence-electron chi connectivity index (χ2n) is 5.90. The summed E-state index contributed by atoms with van der Waals surface area (Å²) in [5, 5.41) is 4.77. The van der Waals surface area contributed by atoms with Gasteiger partial charge in [-0.1, -0.05) is 39.3 Å². The van der Waals surface area contributed by atoms with Crippen LogP contribution in [0.25, 0.3) is 10.9 Å². The molecule has 0 radical (unpaired) electrons. The predicted molar refractivity (Wildman–Crippen MR) is 89.6 cm³/mol. The van der Waals surface area contributed by atoms with Gasteiger partial charge in [-0.15, -0.1) is 0 Å². The highest BCUT2D eigenvalue weighted by Crippen LogP contribution is 2.18. The average molecular weight is 288 g/mol. The van der Waals surface area contributed by atoms with E-state index < -0.39 is 0 Å². The molecule has 0 fully saturated rings. The van der Waals surface area contributed by atoms with E-state index in [4.69, 9.17) is 4.74 Å². The van der Waals surface area contributed by atoms with Gasteiger partial charge in [-0.25, -0.2) is 0 Å². The van der Waals surface area contributed by atoms with Crippen molar-refractivity contribution in [2.45, 2.75) is 52.7 Å². The van der Waals surface area contributed by atoms with Gasteiger partial charge in [0.15, 0.2) is 0 Å². The molecule has 1 heterocycles. The molecule has 0 bridgehead atoms. The van der Waals surface area contributed by atoms with Crippen molar-refractivity contribution in [1.82, 2.24) is 9.88 Å². The first-order valence-corrected chi connectivity index (χ1v) is 8.09. The summed E-state index contributed by atoms with van der Waals surface area (Å²) in [6.45, 7) is 10.1. The van der Waals surface area contributed by atoms with Crippen LogP contribution in [0.5, 0.6) is 0 Å². The first-order chi connectivity index (χ1) is 10.2. The van der Waals surface area contributed by atoms with Crippen molar-refractivity contribution >= 4 is 10.9 Å². The number of ether oxygens (including phenoxy) is 1. The second kappa shape index (κ2) is 8.20. The molecule has 2 rings (SSSR count). The van der Waals surface area contributed by atoms with Crippen LogP contribution in [0.2, 0.25) is 0 Å². The van der Waals surface area contributed by atoms with Crippen LogP contribution in [0, 0.1) is 0 Å². The van der Waals surface area contributed by atoms with Gasteiger partial charge in [0.2, 0.25) is 0 Å². The van der Waals surface area contributed by atoms with Crippen molar-refractivity contribution in [1.29, 1.82) is 0 Å². The Hall–Kier alpha value is -1.32. The third kappa shape index (κ3) is 4.87. The normalized spacial score (nSPS) is 11.6. The maximum atomic E-state index is 5.67. The molecule has 3 nitrogen and oxygen atoms in total. The molecule has 1 N–H and O–H groups in total. The number of rotatable bonds is 9. The number of hydrogen-bond donors (Lipinski definition) is 1. The summed E-state index contributed by atoms with van der Waals surface area (Å²) < 4.78 is 7.96. The quantitative estimate of drug-likeness (QED) is 0.707. The minimum Gasteiger partial charge on any atom is -0.380 e. The van der Waals surface area contributed by atoms with Crippen molar-refractivity contribution in [2.75, 3.05) is 13.2 Å². The first kappa shape index (κ1) is 16.1. The van der Waals surface area contributed by atoms with Crippen LogP contribution in [0.1, 0.15) is 39.2 Å². The molecule has 1 aromatic carbocycles. The highest BCUT2D eigenvalue weighted by molar-refractivity contribution is 5.80. The Bertz CT molecular complexity index is 545. The van der Waals surface area contributed by atoms with Gasteiger partial charge in [-0.3, -0.25) is 0 Å². The van der Waals surface area contributed by atoms with Crippen LogP contribution in [-0.2, 0) is 17.8 Å². The van der Waals surface area contributed by atoms with Crippen LogP contribution in [0.15, 0.2) is 30.5 Å². The van der Waals surface area contributed by atoms with E-state index in [1.54, 1.807) is 0 Å². The molecule has 3 heteroatoms. The topological polar surface area (TPSA) is 26.2 Å². The largest absolute Gasteiger partial charge is 0.380 e. The Morgan fingerprint density at radius 2 is 2.05 bits per heavy atom. The molecule has 0 aliphatic heterocycles. The first-order valence-electron chi connectivity index (χ1n) is 8.09. The summed E-state index contributed by atoms with van der Waals surface area (Å²) in [6, 6.07) is 9.40. The lowest BCUT2D eigenvalue weighted by Crippen LogP contribution is -2.21. The number of hydrogen-bond acceptors (Lipinski definition) is 2. The third-order valence-corrected chi connectivity index (χ3v) is 3.67. The third-order valence-electron chi connectivity index (χ3n) is 3.67. The SMILES string of the molecule is CCCCOCCn1ccc2ccc(CNC(C)C)cc21. The molecule has 2 aromatic rings. The lowest BCUT2D eigenvalue weighted by molar-refractivity contribution is 0.124. The number of aromatic nitrogens is 1. The van der Waals surface area contributed by atoms with Crippen LogP contribution >= 0.6 is 0 Å². The van der Waals surface area contributed by atoms with Crippen molar-refractivity contribution < 1.29 is 4.74 Å². The summed E-state index contributed by atoms with van der Waals surface area (Å²) in [5.41, 5.74) is 2.64. The number of fused-ring (bicyclic) bond motifs is 1. The molecule has 0 amide bonds. The Morgan fingerprint density at radius 3 is 2.81 bits per heavy atom. The van der Waals surface area contributed by atoms with Gasteiger partial charge in [-0.05, 0) is 29.5 Å². The van der Waals surface area contributed by atoms with Crippen molar-refractivity contribution in [3.8, 4) is 0 Å². The van der Waals surface area contributed by atoms with E-state index >= 15 is 0 Å². The molecule has 116 valence electrons. The van der Waals surface area contributed by atoms with Crippen molar-refractivity contribution in [2.24, 2.45) is 0 Å². The smallest absolute Gasteiger partial charge is 0.0645 e. The average Bonchev–Trinajstić information content (AvgIpc) is 2.87. The monoisotopic (exact) mass is 288 g/mol. The lowest BCUT2D eigenvalue weighted by atomic mass is 10.1. The minimum atomic E-state index is 0.513. The molecule has 0 saturated heterocycles. The van der Waals surface area contributed by atoms with Gasteiger partial charge in [0.25, 0.3) is 0 Å². The Kier molecular flexibility index (Phi) is 6.27. The van der Waals surface area contributed by atoms with Crippen molar-refractivity contribution in [3.05, 3.63) is 36.0 Å². The van der Waals surface area contributed by atoms with Crippen LogP contribution in [0.4, 0.5) is 0 Å². The predicted octanol–water partition coefficient (Wildman–Crippen LogP) is 3.96. The zero-order valence-corrected chi connectivity index (χ0v) is 13.6. The fourth-order valence-corrected chi connectivity index (χ4v) is 2.37. The summed E-state index contributed by atoms with van der Waals surface area (Å²) in [4.78, 5) is 0. The number of nitrogens with zero attached hydrogens (tertiary/aromatic N) is 1. The number of nitrogens with one attached hydrogen (secondary N) is 1. The maximum Gasteiger partial charge on any atom is 0.0645 e. The van der Waals surface area contributed by atoms with Gasteiger partial charge in [0, 0.05) is 37.5 Å².